The maximum absolute atomic E-state index is 7.46. The van der Waals surface area contributed by atoms with Gasteiger partial charge in [-0.1, -0.05) is 29.8 Å². The molecule has 0 aromatic heterocycles. The molecule has 2 aromatic rings. The molecule has 2 rings (SSSR count). The highest BCUT2D eigenvalue weighted by atomic mass is 35.5. The Hall–Kier alpha value is -2.00. The first-order valence-corrected chi connectivity index (χ1v) is 6.89. The minimum atomic E-state index is 0.0254. The third kappa shape index (κ3) is 2.78. The van der Waals surface area contributed by atoms with Crippen LogP contribution in [0.3, 0.4) is 0 Å². The first-order valence-electron chi connectivity index (χ1n) is 6.51. The quantitative estimate of drug-likeness (QED) is 0.657. The number of hydrogen-bond acceptors (Lipinski definition) is 2. The Kier molecular flexibility index (Phi) is 4.30. The van der Waals surface area contributed by atoms with Crippen LogP contribution >= 0.6 is 11.6 Å². The van der Waals surface area contributed by atoms with Crippen molar-refractivity contribution < 1.29 is 0 Å². The summed E-state index contributed by atoms with van der Waals surface area (Å²) >= 11 is 6.36. The van der Waals surface area contributed by atoms with E-state index in [-0.39, 0.29) is 5.84 Å². The minimum Gasteiger partial charge on any atom is -0.384 e. The molecule has 3 N–H and O–H groups in total. The van der Waals surface area contributed by atoms with Crippen LogP contribution in [0, 0.1) is 12.3 Å². The number of rotatable bonds is 4. The van der Waals surface area contributed by atoms with Crippen molar-refractivity contribution in [1.82, 2.24) is 0 Å². The second-order valence-corrected chi connectivity index (χ2v) is 5.02. The molecule has 0 spiro atoms. The van der Waals surface area contributed by atoms with Crippen LogP contribution in [-0.4, -0.2) is 12.4 Å². The number of nitrogens with one attached hydrogen (secondary N) is 1. The molecule has 0 atom stereocenters. The molecule has 0 bridgehead atoms. The number of nitrogen functional groups attached to an aromatic ring is 1. The average Bonchev–Trinajstić information content (AvgIpc) is 2.43. The smallest absolute Gasteiger partial charge is 0.122 e. The van der Waals surface area contributed by atoms with E-state index in [1.54, 1.807) is 6.07 Å². The molecule has 0 aliphatic rings. The van der Waals surface area contributed by atoms with E-state index in [0.29, 0.717) is 10.6 Å². The molecule has 0 saturated carbocycles. The molecule has 0 amide bonds. The Balaban J connectivity index is 2.48. The van der Waals surface area contributed by atoms with Crippen LogP contribution in [0.25, 0.3) is 0 Å². The van der Waals surface area contributed by atoms with Gasteiger partial charge in [0.25, 0.3) is 0 Å². The van der Waals surface area contributed by atoms with Crippen LogP contribution in [0.4, 0.5) is 11.4 Å². The molecular formula is C16H18ClN3. The molecule has 0 aliphatic heterocycles. The van der Waals surface area contributed by atoms with Crippen molar-refractivity contribution in [3.63, 3.8) is 0 Å². The van der Waals surface area contributed by atoms with E-state index < -0.39 is 0 Å². The molecule has 4 heteroatoms. The van der Waals surface area contributed by atoms with E-state index in [4.69, 9.17) is 22.7 Å². The molecule has 0 saturated heterocycles. The van der Waals surface area contributed by atoms with Crippen LogP contribution in [0.5, 0.6) is 0 Å². The number of nitrogens with two attached hydrogens (primary N) is 1. The summed E-state index contributed by atoms with van der Waals surface area (Å²) in [4.78, 5) is 2.15. The van der Waals surface area contributed by atoms with Crippen molar-refractivity contribution in [1.29, 1.82) is 5.41 Å². The highest BCUT2D eigenvalue weighted by Gasteiger charge is 2.13. The molecule has 0 unspecified atom stereocenters. The van der Waals surface area contributed by atoms with Gasteiger partial charge in [-0.15, -0.1) is 0 Å². The first-order chi connectivity index (χ1) is 9.54. The van der Waals surface area contributed by atoms with Gasteiger partial charge in [0.2, 0.25) is 0 Å². The van der Waals surface area contributed by atoms with Gasteiger partial charge in [0.1, 0.15) is 5.84 Å². The maximum Gasteiger partial charge on any atom is 0.122 e. The van der Waals surface area contributed by atoms with Crippen molar-refractivity contribution in [3.05, 3.63) is 58.6 Å². The van der Waals surface area contributed by atoms with Gasteiger partial charge < -0.3 is 10.6 Å². The van der Waals surface area contributed by atoms with Crippen LogP contribution in [-0.2, 0) is 0 Å². The van der Waals surface area contributed by atoms with Crippen LogP contribution < -0.4 is 10.6 Å². The van der Waals surface area contributed by atoms with Gasteiger partial charge in [0, 0.05) is 17.8 Å². The monoisotopic (exact) mass is 287 g/mol. The van der Waals surface area contributed by atoms with Crippen molar-refractivity contribution in [2.24, 2.45) is 5.73 Å². The minimum absolute atomic E-state index is 0.0254. The highest BCUT2D eigenvalue weighted by molar-refractivity contribution is 6.33. The zero-order valence-electron chi connectivity index (χ0n) is 11.7. The lowest BCUT2D eigenvalue weighted by atomic mass is 10.1. The van der Waals surface area contributed by atoms with Crippen molar-refractivity contribution in [2.75, 3.05) is 11.4 Å². The zero-order chi connectivity index (χ0) is 14.7. The molecular weight excluding hydrogens is 270 g/mol. The van der Waals surface area contributed by atoms with Crippen molar-refractivity contribution in [2.45, 2.75) is 13.8 Å². The summed E-state index contributed by atoms with van der Waals surface area (Å²) in [5, 5.41) is 8.06. The standard InChI is InChI=1S/C16H18ClN3/c1-3-20(14-7-5-4-6-11(14)2)15-9-8-12(16(18)19)10-13(15)17/h4-10H,3H2,1-2H3,(H3,18,19). The van der Waals surface area contributed by atoms with Crippen molar-refractivity contribution in [3.8, 4) is 0 Å². The summed E-state index contributed by atoms with van der Waals surface area (Å²) in [5.74, 6) is 0.0254. The van der Waals surface area contributed by atoms with Gasteiger partial charge in [0.15, 0.2) is 0 Å². The van der Waals surface area contributed by atoms with E-state index in [1.165, 1.54) is 5.56 Å². The lowest BCUT2D eigenvalue weighted by Gasteiger charge is -2.26. The van der Waals surface area contributed by atoms with E-state index in [9.17, 15) is 0 Å². The third-order valence-electron chi connectivity index (χ3n) is 3.27. The number of benzene rings is 2. The van der Waals surface area contributed by atoms with Gasteiger partial charge in [-0.3, -0.25) is 5.41 Å². The van der Waals surface area contributed by atoms with Gasteiger partial charge in [0.05, 0.1) is 10.7 Å². The first kappa shape index (κ1) is 14.4. The molecule has 2 aromatic carbocycles. The molecule has 104 valence electrons. The van der Waals surface area contributed by atoms with Crippen LogP contribution in [0.15, 0.2) is 42.5 Å². The summed E-state index contributed by atoms with van der Waals surface area (Å²) in [6.45, 7) is 4.97. The molecule has 0 heterocycles. The topological polar surface area (TPSA) is 53.1 Å². The van der Waals surface area contributed by atoms with Gasteiger partial charge in [-0.2, -0.15) is 0 Å². The number of aryl methyl sites for hydroxylation is 1. The van der Waals surface area contributed by atoms with Crippen LogP contribution in [0.2, 0.25) is 5.02 Å². The Bertz CT molecular complexity index is 637. The fraction of sp³-hybridized carbons (Fsp3) is 0.188. The number of halogens is 1. The Morgan fingerprint density at radius 1 is 1.20 bits per heavy atom. The number of amidine groups is 1. The Morgan fingerprint density at radius 3 is 2.45 bits per heavy atom. The molecule has 0 aliphatic carbocycles. The maximum atomic E-state index is 7.46. The average molecular weight is 288 g/mol. The fourth-order valence-corrected chi connectivity index (χ4v) is 2.51. The zero-order valence-corrected chi connectivity index (χ0v) is 12.4. The number of hydrogen-bond donors (Lipinski definition) is 2. The van der Waals surface area contributed by atoms with Gasteiger partial charge in [-0.25, -0.2) is 0 Å². The number of nitrogens with zero attached hydrogens (tertiary/aromatic N) is 1. The van der Waals surface area contributed by atoms with Crippen LogP contribution in [0.1, 0.15) is 18.1 Å². The highest BCUT2D eigenvalue weighted by Crippen LogP contribution is 2.33. The lowest BCUT2D eigenvalue weighted by Crippen LogP contribution is -2.18. The summed E-state index contributed by atoms with van der Waals surface area (Å²) in [5.41, 5.74) is 9.38. The van der Waals surface area contributed by atoms with E-state index in [1.807, 2.05) is 24.3 Å². The second kappa shape index (κ2) is 5.97. The summed E-state index contributed by atoms with van der Waals surface area (Å²) < 4.78 is 0. The number of para-hydroxylation sites is 1. The predicted molar refractivity (Wildman–Crippen MR) is 86.3 cm³/mol. The number of anilines is 2. The molecule has 3 nitrogen and oxygen atoms in total. The molecule has 20 heavy (non-hydrogen) atoms. The normalized spacial score (nSPS) is 10.3. The Labute approximate surface area is 124 Å². The van der Waals surface area contributed by atoms with E-state index in [2.05, 4.69) is 30.9 Å². The summed E-state index contributed by atoms with van der Waals surface area (Å²) in [6, 6.07) is 13.7. The SMILES string of the molecule is CCN(c1ccccc1C)c1ccc(C(=N)N)cc1Cl. The second-order valence-electron chi connectivity index (χ2n) is 4.61. The third-order valence-corrected chi connectivity index (χ3v) is 3.57. The predicted octanol–water partition coefficient (Wildman–Crippen LogP) is 4.09. The lowest BCUT2D eigenvalue weighted by molar-refractivity contribution is 1.02. The fourth-order valence-electron chi connectivity index (χ4n) is 2.23. The van der Waals surface area contributed by atoms with Gasteiger partial charge in [-0.05, 0) is 43.7 Å². The largest absolute Gasteiger partial charge is 0.384 e. The Morgan fingerprint density at radius 2 is 1.90 bits per heavy atom. The van der Waals surface area contributed by atoms with Crippen molar-refractivity contribution >= 4 is 28.8 Å². The molecule has 0 radical (unpaired) electrons. The summed E-state index contributed by atoms with van der Waals surface area (Å²) in [6.07, 6.45) is 0. The van der Waals surface area contributed by atoms with E-state index in [0.717, 1.165) is 17.9 Å². The summed E-state index contributed by atoms with van der Waals surface area (Å²) in [7, 11) is 0. The molecule has 0 fully saturated rings. The van der Waals surface area contributed by atoms with Gasteiger partial charge >= 0.3 is 0 Å². The van der Waals surface area contributed by atoms with E-state index >= 15 is 0 Å².